The van der Waals surface area contributed by atoms with Gasteiger partial charge in [-0.15, -0.1) is 11.8 Å². The Morgan fingerprint density at radius 3 is 0.767 bits per heavy atom. The molecule has 0 aliphatic rings. The second kappa shape index (κ2) is 12.8. The molecule has 6 rings (SSSR count). The van der Waals surface area contributed by atoms with E-state index in [0.717, 1.165) is 33.4 Å². The lowest BCUT2D eigenvalue weighted by atomic mass is 9.83. The summed E-state index contributed by atoms with van der Waals surface area (Å²) in [7, 11) is 0. The van der Waals surface area contributed by atoms with Gasteiger partial charge in [0.2, 0.25) is 0 Å². The van der Waals surface area contributed by atoms with Crippen LogP contribution >= 0.6 is 58.2 Å². The van der Waals surface area contributed by atoms with E-state index in [0.29, 0.717) is 20.1 Å². The molecule has 0 N–H and O–H groups in total. The summed E-state index contributed by atoms with van der Waals surface area (Å²) in [4.78, 5) is 0. The normalized spacial score (nSPS) is 11.8. The maximum atomic E-state index is 6.77. The molecule has 0 fully saturated rings. The zero-order chi connectivity index (χ0) is 29.9. The molecule has 0 spiro atoms. The summed E-state index contributed by atoms with van der Waals surface area (Å²) >= 11 is 28.9. The SMILES string of the molecule is Clc1cc(Cl)cc(C(SC(c2ccccc2)(c2ccccc2)c2cc(Cl)cc(Cl)c2)(c2ccccc2)c2ccccc2)c1. The van der Waals surface area contributed by atoms with Crippen LogP contribution in [-0.4, -0.2) is 0 Å². The zero-order valence-electron chi connectivity index (χ0n) is 22.9. The lowest BCUT2D eigenvalue weighted by Gasteiger charge is -2.45. The maximum absolute atomic E-state index is 6.77. The minimum Gasteiger partial charge on any atom is -0.119 e. The molecule has 0 saturated carbocycles. The molecule has 0 saturated heterocycles. The van der Waals surface area contributed by atoms with Crippen LogP contribution in [0.5, 0.6) is 0 Å². The van der Waals surface area contributed by atoms with Crippen molar-refractivity contribution in [2.24, 2.45) is 0 Å². The van der Waals surface area contributed by atoms with Crippen molar-refractivity contribution in [2.45, 2.75) is 9.49 Å². The van der Waals surface area contributed by atoms with Gasteiger partial charge in [0.1, 0.15) is 0 Å². The minimum absolute atomic E-state index is 0.565. The van der Waals surface area contributed by atoms with Gasteiger partial charge in [-0.2, -0.15) is 0 Å². The molecule has 0 atom stereocenters. The van der Waals surface area contributed by atoms with Crippen molar-refractivity contribution in [1.29, 1.82) is 0 Å². The molecule has 0 heterocycles. The highest BCUT2D eigenvalue weighted by Crippen LogP contribution is 2.61. The third kappa shape index (κ3) is 5.86. The van der Waals surface area contributed by atoms with Gasteiger partial charge in [-0.05, 0) is 69.8 Å². The fourth-order valence-corrected chi connectivity index (χ4v) is 8.79. The van der Waals surface area contributed by atoms with Crippen molar-refractivity contribution >= 4 is 58.2 Å². The first-order valence-electron chi connectivity index (χ1n) is 13.8. The van der Waals surface area contributed by atoms with Crippen LogP contribution in [0, 0.1) is 0 Å². The van der Waals surface area contributed by atoms with Gasteiger partial charge in [0.25, 0.3) is 0 Å². The Morgan fingerprint density at radius 1 is 0.302 bits per heavy atom. The first-order chi connectivity index (χ1) is 20.9. The number of rotatable bonds is 8. The lowest BCUT2D eigenvalue weighted by Crippen LogP contribution is -2.36. The number of thioether (sulfide) groups is 1. The third-order valence-corrected chi connectivity index (χ3v) is 10.5. The van der Waals surface area contributed by atoms with Crippen LogP contribution in [0.25, 0.3) is 0 Å². The molecular formula is C38H26Cl4S. The summed E-state index contributed by atoms with van der Waals surface area (Å²) in [6, 6.07) is 53.7. The van der Waals surface area contributed by atoms with Gasteiger partial charge in [-0.25, -0.2) is 0 Å². The Labute approximate surface area is 277 Å². The molecule has 0 aromatic heterocycles. The Kier molecular flexibility index (Phi) is 8.91. The van der Waals surface area contributed by atoms with Gasteiger partial charge in [0.05, 0.1) is 9.49 Å². The number of hydrogen-bond donors (Lipinski definition) is 0. The molecule has 0 amide bonds. The van der Waals surface area contributed by atoms with E-state index in [-0.39, 0.29) is 0 Å². The Balaban J connectivity index is 1.81. The van der Waals surface area contributed by atoms with Crippen molar-refractivity contribution in [3.63, 3.8) is 0 Å². The van der Waals surface area contributed by atoms with Crippen LogP contribution in [-0.2, 0) is 9.49 Å². The third-order valence-electron chi connectivity index (χ3n) is 7.57. The van der Waals surface area contributed by atoms with Crippen molar-refractivity contribution in [3.8, 4) is 0 Å². The van der Waals surface area contributed by atoms with E-state index >= 15 is 0 Å². The second-order valence-corrected chi connectivity index (χ2v) is 13.4. The van der Waals surface area contributed by atoms with Crippen molar-refractivity contribution < 1.29 is 0 Å². The largest absolute Gasteiger partial charge is 0.119 e. The highest BCUT2D eigenvalue weighted by atomic mass is 35.5. The van der Waals surface area contributed by atoms with E-state index in [1.54, 1.807) is 23.9 Å². The smallest absolute Gasteiger partial charge is 0.0923 e. The first-order valence-corrected chi connectivity index (χ1v) is 16.1. The maximum Gasteiger partial charge on any atom is 0.0923 e. The second-order valence-electron chi connectivity index (χ2n) is 10.2. The number of halogens is 4. The average Bonchev–Trinajstić information content (AvgIpc) is 3.03. The molecule has 43 heavy (non-hydrogen) atoms. The highest BCUT2D eigenvalue weighted by molar-refractivity contribution is 8.02. The Bertz CT molecular complexity index is 1570. The summed E-state index contributed by atoms with van der Waals surface area (Å²) in [5.74, 6) is 0. The lowest BCUT2D eigenvalue weighted by molar-refractivity contribution is 0.832. The van der Waals surface area contributed by atoms with Gasteiger partial charge in [-0.1, -0.05) is 168 Å². The molecule has 6 aromatic rings. The van der Waals surface area contributed by atoms with Gasteiger partial charge in [-0.3, -0.25) is 0 Å². The van der Waals surface area contributed by atoms with Crippen molar-refractivity contribution in [2.75, 3.05) is 0 Å². The van der Waals surface area contributed by atoms with Gasteiger partial charge >= 0.3 is 0 Å². The Hall–Kier alpha value is -3.17. The monoisotopic (exact) mass is 654 g/mol. The predicted octanol–water partition coefficient (Wildman–Crippen LogP) is 12.3. The highest BCUT2D eigenvalue weighted by Gasteiger charge is 2.49. The fraction of sp³-hybridized carbons (Fsp3) is 0.0526. The molecule has 0 aliphatic heterocycles. The molecule has 6 aromatic carbocycles. The molecule has 212 valence electrons. The van der Waals surface area contributed by atoms with Crippen molar-refractivity contribution in [3.05, 3.63) is 211 Å². The number of benzene rings is 6. The van der Waals surface area contributed by atoms with Crippen LogP contribution in [0.4, 0.5) is 0 Å². The summed E-state index contributed by atoms with van der Waals surface area (Å²) in [5.41, 5.74) is 6.22. The Morgan fingerprint density at radius 2 is 0.535 bits per heavy atom. The van der Waals surface area contributed by atoms with E-state index in [4.69, 9.17) is 46.4 Å². The molecule has 0 unspecified atom stereocenters. The molecule has 0 radical (unpaired) electrons. The number of hydrogen-bond acceptors (Lipinski definition) is 1. The molecule has 0 aliphatic carbocycles. The molecule has 0 nitrogen and oxygen atoms in total. The standard InChI is InChI=1S/C38H26Cl4S/c39-33-21-31(22-34(40)25-33)37(27-13-5-1-6-14-27,28-15-7-2-8-16-28)43-38(29-17-9-3-10-18-29,30-19-11-4-12-20-30)32-23-35(41)26-36(42)24-32/h1-26H. The van der Waals surface area contributed by atoms with Crippen LogP contribution < -0.4 is 0 Å². The minimum atomic E-state index is -0.794. The van der Waals surface area contributed by atoms with Gasteiger partial charge in [0, 0.05) is 20.1 Å². The fourth-order valence-electron chi connectivity index (χ4n) is 5.79. The average molecular weight is 657 g/mol. The van der Waals surface area contributed by atoms with Gasteiger partial charge < -0.3 is 0 Å². The van der Waals surface area contributed by atoms with E-state index in [1.807, 2.05) is 48.5 Å². The molecule has 5 heteroatoms. The topological polar surface area (TPSA) is 0 Å². The molecule has 0 bridgehead atoms. The van der Waals surface area contributed by atoms with E-state index in [1.165, 1.54) is 0 Å². The summed E-state index contributed by atoms with van der Waals surface area (Å²) in [5, 5.41) is 2.26. The summed E-state index contributed by atoms with van der Waals surface area (Å²) < 4.78 is -1.59. The van der Waals surface area contributed by atoms with E-state index in [2.05, 4.69) is 97.1 Å². The predicted molar refractivity (Wildman–Crippen MR) is 186 cm³/mol. The zero-order valence-corrected chi connectivity index (χ0v) is 26.8. The van der Waals surface area contributed by atoms with Crippen LogP contribution in [0.1, 0.15) is 33.4 Å². The summed E-state index contributed by atoms with van der Waals surface area (Å²) in [6.45, 7) is 0. The molecular weight excluding hydrogens is 630 g/mol. The van der Waals surface area contributed by atoms with E-state index < -0.39 is 9.49 Å². The van der Waals surface area contributed by atoms with Crippen LogP contribution in [0.2, 0.25) is 20.1 Å². The van der Waals surface area contributed by atoms with E-state index in [9.17, 15) is 0 Å². The first kappa shape index (κ1) is 29.9. The summed E-state index contributed by atoms with van der Waals surface area (Å²) in [6.07, 6.45) is 0. The quantitative estimate of drug-likeness (QED) is 0.147. The van der Waals surface area contributed by atoms with Crippen LogP contribution in [0.3, 0.4) is 0 Å². The van der Waals surface area contributed by atoms with Gasteiger partial charge in [0.15, 0.2) is 0 Å². The van der Waals surface area contributed by atoms with Crippen molar-refractivity contribution in [1.82, 2.24) is 0 Å². The van der Waals surface area contributed by atoms with Crippen LogP contribution in [0.15, 0.2) is 158 Å².